The van der Waals surface area contributed by atoms with Crippen molar-refractivity contribution in [3.8, 4) is 47.9 Å². The molecule has 53 atom stereocenters. The number of aliphatic hydroxyl groups is 19. The SMILES string of the molecule is C#CC#CCC(Cl)C(O)C(O)C(O)C(O)C(O)CC(O)C(O[C@@H]1O[C@H](CO)[C@@H](O)[C@@H]1O)C(O)C[C@H]1O[C@@H]([C@H]2O[C@H]3CC[C@H]([C@H]4O[C@H]5[C@@H](Cl)C[C@H]([C@H]6O[C@H]7[C@@H](O)C[C@H]([C@H]8CC[C@@H]9O[C@H]([C@@H]%10CC[C@H]%11O[C@H]%12C[C@H]%13O[C@H]%14CC[C@H](/C=C/C=C/CC(N)C/C=C/C=C/C#CCCC#C/C=C/Cl)O[C@@H]%14C[C@@H]%13O[C@@H]%12C[C@H](O)[C@@H]%11O%10)[C@H](C)C[C@H]9O8)O[C@@H]7C[C@@H]6O)O[C@@H]5C[C@H]4O)O[C@@H]3[C@@H](O)[C@H]2O)[C@@H](O)[C@H](O)[C@@H]1O. The van der Waals surface area contributed by atoms with E-state index in [-0.39, 0.29) is 136 Å². The number of ether oxygens (including phenoxy) is 16. The maximum atomic E-state index is 12.0. The summed E-state index contributed by atoms with van der Waals surface area (Å²) in [5.74, 6) is 18.6. The number of fused-ring (bicyclic) bond motifs is 8. The molecular weight excluding hydrogens is 1830 g/mol. The summed E-state index contributed by atoms with van der Waals surface area (Å²) in [6.45, 7) is 1.30. The van der Waals surface area contributed by atoms with Gasteiger partial charge in [-0.15, -0.1) is 29.6 Å². The quantitative estimate of drug-likeness (QED) is 0.0176. The smallest absolute Gasteiger partial charge is 0.187 e. The number of alkyl halides is 2. The van der Waals surface area contributed by atoms with Gasteiger partial charge in [0.1, 0.15) is 122 Å². The van der Waals surface area contributed by atoms with Gasteiger partial charge in [-0.2, -0.15) is 0 Å². The average molecular weight is 1970 g/mol. The minimum Gasteiger partial charge on any atom is -0.394 e. The first-order valence-electron chi connectivity index (χ1n) is 48.0. The van der Waals surface area contributed by atoms with Crippen molar-refractivity contribution in [1.82, 2.24) is 0 Å². The van der Waals surface area contributed by atoms with Crippen molar-refractivity contribution in [2.45, 2.75) is 471 Å². The average Bonchev–Trinajstić information content (AvgIpc) is 1.51. The van der Waals surface area contributed by atoms with Crippen LogP contribution in [0.3, 0.4) is 0 Å². The van der Waals surface area contributed by atoms with E-state index >= 15 is 0 Å². The normalized spacial score (nSPS) is 46.6. The molecule has 15 rings (SSSR count). The van der Waals surface area contributed by atoms with Gasteiger partial charge in [0, 0.05) is 82.2 Å². The van der Waals surface area contributed by atoms with E-state index in [9.17, 15) is 97.0 Å². The Bertz CT molecular complexity index is 4180. The van der Waals surface area contributed by atoms with Crippen LogP contribution in [0.25, 0.3) is 0 Å². The molecule has 135 heavy (non-hydrogen) atoms. The summed E-state index contributed by atoms with van der Waals surface area (Å²) in [6, 6.07) is -0.0104. The van der Waals surface area contributed by atoms with Gasteiger partial charge in [-0.1, -0.05) is 90.7 Å². The molecule has 0 aliphatic carbocycles. The Morgan fingerprint density at radius 2 is 0.859 bits per heavy atom. The number of aliphatic hydroxyl groups excluding tert-OH is 19. The molecule has 0 aromatic heterocycles. The van der Waals surface area contributed by atoms with Gasteiger partial charge in [-0.05, 0) is 107 Å². The Balaban J connectivity index is 0.481. The number of rotatable bonds is 28. The fourth-order valence-electron chi connectivity index (χ4n) is 22.6. The Morgan fingerprint density at radius 3 is 1.50 bits per heavy atom. The number of halogens is 3. The van der Waals surface area contributed by atoms with Crippen molar-refractivity contribution in [1.29, 1.82) is 0 Å². The summed E-state index contributed by atoms with van der Waals surface area (Å²) in [6.07, 6.45) is -26.7. The molecule has 36 nitrogen and oxygen atoms in total. The summed E-state index contributed by atoms with van der Waals surface area (Å²) >= 11 is 18.8. The summed E-state index contributed by atoms with van der Waals surface area (Å²) in [5.41, 5.74) is 7.76. The van der Waals surface area contributed by atoms with Crippen LogP contribution in [0.5, 0.6) is 0 Å². The highest BCUT2D eigenvalue weighted by Gasteiger charge is 2.62. The Hall–Kier alpha value is -3.63. The molecule has 0 radical (unpaired) electrons. The highest BCUT2D eigenvalue weighted by Crippen LogP contribution is 2.49. The van der Waals surface area contributed by atoms with Crippen LogP contribution in [0.4, 0.5) is 0 Å². The van der Waals surface area contributed by atoms with Crippen molar-refractivity contribution < 1.29 is 173 Å². The predicted molar refractivity (Wildman–Crippen MR) is 476 cm³/mol. The van der Waals surface area contributed by atoms with Crippen LogP contribution in [0.2, 0.25) is 0 Å². The number of allylic oxidation sites excluding steroid dienone is 6. The number of unbranched alkanes of at least 4 members (excludes halogenated alkanes) is 1. The second kappa shape index (κ2) is 48.4. The largest absolute Gasteiger partial charge is 0.394 e. The lowest BCUT2D eigenvalue weighted by molar-refractivity contribution is -0.329. The van der Waals surface area contributed by atoms with E-state index < -0.39 is 250 Å². The zero-order valence-electron chi connectivity index (χ0n) is 75.2. The Kier molecular flexibility index (Phi) is 37.9. The molecule has 0 saturated carbocycles. The van der Waals surface area contributed by atoms with Crippen molar-refractivity contribution in [3.63, 3.8) is 0 Å². The molecule has 10 unspecified atom stereocenters. The van der Waals surface area contributed by atoms with Gasteiger partial charge in [0.2, 0.25) is 0 Å². The van der Waals surface area contributed by atoms with E-state index in [4.69, 9.17) is 123 Å². The van der Waals surface area contributed by atoms with Crippen molar-refractivity contribution in [3.05, 3.63) is 60.2 Å². The third-order valence-corrected chi connectivity index (χ3v) is 30.7. The number of hydrogen-bond acceptors (Lipinski definition) is 36. The molecular formula is C96H136Cl3NO35. The maximum Gasteiger partial charge on any atom is 0.187 e. The molecule has 0 aromatic carbocycles. The number of hydrogen-bond donors (Lipinski definition) is 20. The molecule has 0 spiro atoms. The summed E-state index contributed by atoms with van der Waals surface area (Å²) in [5, 5.41) is 212. The number of terminal acetylenes is 1. The van der Waals surface area contributed by atoms with Crippen LogP contribution in [0.1, 0.15) is 155 Å². The third kappa shape index (κ3) is 25.0. The Labute approximate surface area is 800 Å². The molecule has 0 amide bonds. The van der Waals surface area contributed by atoms with Crippen LogP contribution in [-0.4, -0.2) is 420 Å². The summed E-state index contributed by atoms with van der Waals surface area (Å²) < 4.78 is 104. The fourth-order valence-corrected chi connectivity index (χ4v) is 23.3. The third-order valence-electron chi connectivity index (χ3n) is 29.8. The molecule has 0 bridgehead atoms. The zero-order chi connectivity index (χ0) is 95.9. The molecule has 15 fully saturated rings. The zero-order valence-corrected chi connectivity index (χ0v) is 77.4. The van der Waals surface area contributed by atoms with E-state index in [1.165, 1.54) is 5.54 Å². The molecule has 756 valence electrons. The lowest BCUT2D eigenvalue weighted by Gasteiger charge is -2.54. The van der Waals surface area contributed by atoms with Crippen LogP contribution in [0, 0.1) is 53.8 Å². The molecule has 15 aliphatic rings. The second-order valence-corrected chi connectivity index (χ2v) is 40.5. The minimum atomic E-state index is -2.35. The molecule has 15 heterocycles. The van der Waals surface area contributed by atoms with Gasteiger partial charge in [-0.3, -0.25) is 0 Å². The second-order valence-electron chi connectivity index (χ2n) is 39.1. The van der Waals surface area contributed by atoms with Crippen molar-refractivity contribution in [2.24, 2.45) is 11.7 Å². The van der Waals surface area contributed by atoms with Gasteiger partial charge < -0.3 is 179 Å². The molecule has 21 N–H and O–H groups in total. The molecule has 39 heteroatoms. The van der Waals surface area contributed by atoms with Gasteiger partial charge in [0.05, 0.1) is 188 Å². The van der Waals surface area contributed by atoms with Crippen molar-refractivity contribution >= 4 is 34.8 Å². The van der Waals surface area contributed by atoms with Crippen LogP contribution < -0.4 is 5.73 Å². The maximum absolute atomic E-state index is 12.0. The van der Waals surface area contributed by atoms with Crippen molar-refractivity contribution in [2.75, 3.05) is 6.61 Å². The summed E-state index contributed by atoms with van der Waals surface area (Å²) in [7, 11) is 0. The summed E-state index contributed by atoms with van der Waals surface area (Å²) in [4.78, 5) is 0. The van der Waals surface area contributed by atoms with Crippen LogP contribution >= 0.6 is 34.8 Å². The van der Waals surface area contributed by atoms with E-state index in [1.807, 2.05) is 42.4 Å². The van der Waals surface area contributed by atoms with Gasteiger partial charge in [0.15, 0.2) is 6.29 Å². The van der Waals surface area contributed by atoms with Crippen LogP contribution in [-0.2, 0) is 75.8 Å². The topological polar surface area (TPSA) is 558 Å². The number of nitrogens with two attached hydrogens (primary N) is 1. The Morgan fingerprint density at radius 1 is 0.407 bits per heavy atom. The standard InChI is InChI=1S/C96H136Cl3NO35/c1-3-4-15-23-47(98)75(109)79(113)80(114)76(110)49(102)35-50(103)88(135-96-85(119)78(112)74(43-101)132-96)51(104)38-70-77(111)81(115)82(116)94(131-70)95-84(118)83(117)93-62(130-95)31-30-61(129-93)90-54(107)39-72-87(133-90)48(99)34-71(126-72)91-55(108)40-73-92(134-91)53(106)36-64(125-73)57-26-27-58-63(121-57)33-44(2)86(127-58)59-28-29-60-89(128-59)52(105)37-65-67(123-60)42-68-69(124-65)41-66-56(122-68)25-24-46(120-66)22-18-14-17-21-45(100)20-16-12-10-8-6-5-7-9-11-13-19-32-97/h1,8,10,12,14,16-19,22,32,44-96,101-119H,7,9,20-21,23-31,33-43,100H2,2H3/b10-8+,16-12+,17-14+,22-18+,32-19+/t44-,45?,46+,47?,48+,49?,50?,51?,52+,53+,54-,55+,56+,57-,58+,59+,60-,61-,62+,63-,64-,65-,66-,67+,68-,69+,70-,71-,72-,73-,74-,75?,76?,77-,78-,79?,80?,81-,82+,83+,84-,85+,86+,87+,88?,89+,90+,91+,92+,93+,94-,95+,96+/m1/s1. The molecule has 15 aliphatic heterocycles. The van der Waals surface area contributed by atoms with Crippen LogP contribution in [0.15, 0.2) is 60.2 Å². The van der Waals surface area contributed by atoms with E-state index in [1.54, 1.807) is 6.08 Å². The van der Waals surface area contributed by atoms with E-state index in [0.717, 1.165) is 25.7 Å². The molecule has 15 saturated heterocycles. The lowest BCUT2D eigenvalue weighted by Crippen LogP contribution is -2.70. The predicted octanol–water partition coefficient (Wildman–Crippen LogP) is -1.90. The minimum absolute atomic E-state index is 0.0104. The van der Waals surface area contributed by atoms with Gasteiger partial charge in [-0.25, -0.2) is 0 Å². The van der Waals surface area contributed by atoms with E-state index in [2.05, 4.69) is 54.6 Å². The first-order valence-corrected chi connectivity index (χ1v) is 49.4. The van der Waals surface area contributed by atoms with Gasteiger partial charge >= 0.3 is 0 Å². The highest BCUT2D eigenvalue weighted by molar-refractivity contribution is 6.25. The first kappa shape index (κ1) is 106. The van der Waals surface area contributed by atoms with Gasteiger partial charge in [0.25, 0.3) is 0 Å². The highest BCUT2D eigenvalue weighted by atomic mass is 35.5. The fraction of sp³-hybridized carbons (Fsp3) is 0.812. The lowest BCUT2D eigenvalue weighted by atomic mass is 9.81. The van der Waals surface area contributed by atoms with E-state index in [0.29, 0.717) is 64.2 Å². The molecule has 0 aromatic rings. The first-order chi connectivity index (χ1) is 64.9. The monoisotopic (exact) mass is 1970 g/mol.